The van der Waals surface area contributed by atoms with E-state index < -0.39 is 60.4 Å². The molecule has 0 spiro atoms. The van der Waals surface area contributed by atoms with Crippen molar-refractivity contribution in [1.82, 2.24) is 14.8 Å². The zero-order chi connectivity index (χ0) is 36.5. The molecule has 3 aromatic rings. The van der Waals surface area contributed by atoms with Crippen LogP contribution in [0.25, 0.3) is 6.08 Å². The van der Waals surface area contributed by atoms with Crippen molar-refractivity contribution in [1.29, 1.82) is 5.26 Å². The number of hydrogen-bond donors (Lipinski definition) is 0. The second-order valence-electron chi connectivity index (χ2n) is 11.9. The molecule has 2 heterocycles. The monoisotopic (exact) mass is 780 g/mol. The first kappa shape index (κ1) is 46.3. The number of nitriles is 1. The maximum Gasteiger partial charge on any atom is 1.00 e. The third kappa shape index (κ3) is 13.2. The minimum Gasteiger partial charge on any atom is -0.790 e. The average Bonchev–Trinajstić information content (AvgIpc) is 3.56. The number of benzene rings is 2. The van der Waals surface area contributed by atoms with Gasteiger partial charge in [0.2, 0.25) is 0 Å². The molecule has 1 saturated heterocycles. The van der Waals surface area contributed by atoms with E-state index in [0.717, 1.165) is 12.1 Å². The van der Waals surface area contributed by atoms with Gasteiger partial charge in [0.1, 0.15) is 30.1 Å². The fourth-order valence-electron chi connectivity index (χ4n) is 4.94. The van der Waals surface area contributed by atoms with Crippen LogP contribution in [0.3, 0.4) is 0 Å². The summed E-state index contributed by atoms with van der Waals surface area (Å²) >= 11 is 1.27. The molecule has 0 bridgehead atoms. The number of hydrogen-bond acceptors (Lipinski definition) is 12. The van der Waals surface area contributed by atoms with Gasteiger partial charge in [-0.25, -0.2) is 22.8 Å². The Balaban J connectivity index is 0.00000468. The number of allylic oxidation sites excluding steroid dienone is 2. The predicted molar refractivity (Wildman–Crippen MR) is 172 cm³/mol. The first-order valence-electron chi connectivity index (χ1n) is 15.2. The van der Waals surface area contributed by atoms with Crippen LogP contribution in [0, 0.1) is 34.2 Å². The number of carbonyl (C=O) groups excluding carboxylic acids is 1. The van der Waals surface area contributed by atoms with Gasteiger partial charge < -0.3 is 33.1 Å². The van der Waals surface area contributed by atoms with Crippen LogP contribution in [-0.4, -0.2) is 57.3 Å². The van der Waals surface area contributed by atoms with Crippen molar-refractivity contribution in [3.05, 3.63) is 101 Å². The van der Waals surface area contributed by atoms with E-state index in [1.807, 2.05) is 6.07 Å². The van der Waals surface area contributed by atoms with Gasteiger partial charge in [0.05, 0.1) is 56.5 Å². The summed E-state index contributed by atoms with van der Waals surface area (Å²) in [5.41, 5.74) is -2.89. The number of carbonyl (C=O) groups is 1. The summed E-state index contributed by atoms with van der Waals surface area (Å²) in [5.74, 6) is -3.25. The van der Waals surface area contributed by atoms with Gasteiger partial charge in [-0.05, 0) is 57.5 Å². The maximum atomic E-state index is 15.7. The molecule has 4 rings (SSSR count). The zero-order valence-electron chi connectivity index (χ0n) is 29.2. The Hall–Kier alpha value is -1.81. The van der Waals surface area contributed by atoms with Crippen molar-refractivity contribution >= 4 is 31.6 Å². The van der Waals surface area contributed by atoms with Crippen molar-refractivity contribution in [3.8, 4) is 6.07 Å². The van der Waals surface area contributed by atoms with E-state index in [1.54, 1.807) is 25.2 Å². The second-order valence-corrected chi connectivity index (χ2v) is 14.7. The molecule has 1 aromatic heterocycles. The summed E-state index contributed by atoms with van der Waals surface area (Å²) < 4.78 is 78.4. The number of phosphoric acid groups is 1. The number of nitrogens with zero attached hydrogens (tertiary/aromatic N) is 4. The molecule has 0 amide bonds. The number of ether oxygens (including phenoxy) is 3. The summed E-state index contributed by atoms with van der Waals surface area (Å²) in [6, 6.07) is 8.90. The van der Waals surface area contributed by atoms with Gasteiger partial charge in [0, 0.05) is 22.4 Å². The normalized spacial score (nSPS) is 18.2. The number of aromatic nitrogens is 3. The number of phosphoric ester groups is 1. The average molecular weight is 781 g/mol. The molecule has 1 aliphatic heterocycles. The zero-order valence-corrected chi connectivity index (χ0v) is 35.0. The molecule has 0 unspecified atom stereocenters. The van der Waals surface area contributed by atoms with Crippen LogP contribution in [0.5, 0.6) is 0 Å². The van der Waals surface area contributed by atoms with E-state index >= 15 is 4.39 Å². The molecule has 2 atom stereocenters. The topological polar surface area (TPSA) is 172 Å². The first-order chi connectivity index (χ1) is 23.6. The number of thioether (sulfide) groups is 1. The fraction of sp³-hybridized carbons (Fsp3) is 0.394. The molecule has 52 heavy (non-hydrogen) atoms. The van der Waals surface area contributed by atoms with Crippen LogP contribution in [0.4, 0.5) is 13.2 Å². The molecule has 0 aliphatic carbocycles. The summed E-state index contributed by atoms with van der Waals surface area (Å²) in [5, 5.41) is 11.9. The minimum absolute atomic E-state index is 0. The van der Waals surface area contributed by atoms with Gasteiger partial charge in [-0.3, -0.25) is 4.79 Å². The molecule has 1 aliphatic rings. The van der Waals surface area contributed by atoms with Crippen LogP contribution in [0.1, 0.15) is 43.9 Å². The number of rotatable bonds is 15. The van der Waals surface area contributed by atoms with Gasteiger partial charge in [0.25, 0.3) is 0 Å². The first-order valence-corrected chi connectivity index (χ1v) is 17.6. The standard InChI is InChI=1S/C33H36F3N4O8PS.2Na/c1-22(50-26-17-45-30(46-18-26)7-5-4-6-24-9-8-23(16-37)14-28(24)35)33(19-40-21-38-20-39-40,27-11-10-25(34)15-29(27)36)48-31(41)32(2,3)12-13-47-49(42,43)44;;/h4-11,14-15,20-22,26,30H,12-13,17-19H2,1-3H3,(H2,42,43,44);;/q;2*+1/p-2/b6-4+,7-5+;;/t22-,26?,30?,33-;;/m1../s1. The van der Waals surface area contributed by atoms with E-state index in [9.17, 15) is 27.9 Å². The van der Waals surface area contributed by atoms with E-state index in [0.29, 0.717) is 11.6 Å². The van der Waals surface area contributed by atoms with Crippen molar-refractivity contribution in [2.45, 2.75) is 56.1 Å². The molecule has 0 radical (unpaired) electrons. The largest absolute Gasteiger partial charge is 1.00 e. The van der Waals surface area contributed by atoms with E-state index in [1.165, 1.54) is 67.2 Å². The Kier molecular flexibility index (Phi) is 18.5. The van der Waals surface area contributed by atoms with Crippen LogP contribution in [-0.2, 0) is 40.2 Å². The smallest absolute Gasteiger partial charge is 0.790 e. The Morgan fingerprint density at radius 1 is 1.15 bits per heavy atom. The van der Waals surface area contributed by atoms with Crippen molar-refractivity contribution in [2.24, 2.45) is 5.41 Å². The summed E-state index contributed by atoms with van der Waals surface area (Å²) in [4.78, 5) is 39.7. The third-order valence-electron chi connectivity index (χ3n) is 7.79. The maximum absolute atomic E-state index is 15.7. The van der Waals surface area contributed by atoms with E-state index in [-0.39, 0.29) is 102 Å². The van der Waals surface area contributed by atoms with Crippen molar-refractivity contribution in [2.75, 3.05) is 19.8 Å². The third-order valence-corrected chi connectivity index (χ3v) is 9.73. The minimum atomic E-state index is -5.30. The van der Waals surface area contributed by atoms with Gasteiger partial charge in [-0.1, -0.05) is 24.3 Å². The fourth-order valence-corrected chi connectivity index (χ4v) is 6.62. The van der Waals surface area contributed by atoms with Crippen LogP contribution >= 0.6 is 19.6 Å². The van der Waals surface area contributed by atoms with Gasteiger partial charge >= 0.3 is 65.1 Å². The van der Waals surface area contributed by atoms with E-state index in [2.05, 4.69) is 14.6 Å². The van der Waals surface area contributed by atoms with E-state index in [4.69, 9.17) is 19.5 Å². The Labute approximate surface area is 348 Å². The SMILES string of the molecule is C[C@@H](SC1COC(/C=C/C=C/c2ccc(C#N)cc2F)OC1)[C@@](Cn1cncn1)(OC(=O)C(C)(C)CCOP(=O)([O-])[O-])c1ccc(F)cc1F.[Na+].[Na+]. The molecule has 0 saturated carbocycles. The molecule has 268 valence electrons. The number of esters is 1. The Morgan fingerprint density at radius 2 is 1.87 bits per heavy atom. The molecule has 2 aromatic carbocycles. The second kappa shape index (κ2) is 20.8. The molecular formula is C33H34F3N4Na2O8PS. The Bertz CT molecular complexity index is 1790. The van der Waals surface area contributed by atoms with Crippen LogP contribution in [0.2, 0.25) is 0 Å². The molecular weight excluding hydrogens is 746 g/mol. The van der Waals surface area contributed by atoms with Gasteiger partial charge in [0.15, 0.2) is 11.9 Å². The summed E-state index contributed by atoms with van der Waals surface area (Å²) in [6.45, 7) is 4.10. The van der Waals surface area contributed by atoms with Gasteiger partial charge in [-0.15, -0.1) is 11.8 Å². The number of halogens is 3. The van der Waals surface area contributed by atoms with Crippen molar-refractivity contribution in [3.63, 3.8) is 0 Å². The molecule has 12 nitrogen and oxygen atoms in total. The Morgan fingerprint density at radius 3 is 2.46 bits per heavy atom. The van der Waals surface area contributed by atoms with Crippen molar-refractivity contribution < 1.29 is 110 Å². The molecule has 1 fully saturated rings. The van der Waals surface area contributed by atoms with Gasteiger partial charge in [-0.2, -0.15) is 10.4 Å². The molecule has 19 heteroatoms. The quantitative estimate of drug-likeness (QED) is 0.0751. The van der Waals surface area contributed by atoms with Crippen LogP contribution < -0.4 is 68.9 Å². The predicted octanol–water partition coefficient (Wildman–Crippen LogP) is -1.59. The summed E-state index contributed by atoms with van der Waals surface area (Å²) in [6.07, 6.45) is 7.99. The molecule has 0 N–H and O–H groups in total. The summed E-state index contributed by atoms with van der Waals surface area (Å²) in [7, 11) is -5.30. The van der Waals surface area contributed by atoms with Crippen LogP contribution in [0.15, 0.2) is 67.3 Å².